The topological polar surface area (TPSA) is 42.6 Å². The molecule has 3 N–H and O–H groups in total. The Kier molecular flexibility index (Phi) is 4.86. The number of hydrogen-bond acceptors (Lipinski definition) is 5. The van der Waals surface area contributed by atoms with Gasteiger partial charge in [0.25, 0.3) is 0 Å². The highest BCUT2D eigenvalue weighted by atomic mass is 15.4. The Morgan fingerprint density at radius 2 is 1.46 bits per heavy atom. The van der Waals surface area contributed by atoms with Crippen LogP contribution in [0.2, 0.25) is 0 Å². The molecule has 4 aliphatic heterocycles. The van der Waals surface area contributed by atoms with E-state index < -0.39 is 0 Å². The molecule has 39 heavy (non-hydrogen) atoms. The van der Waals surface area contributed by atoms with Crippen LogP contribution < -0.4 is 20.9 Å². The summed E-state index contributed by atoms with van der Waals surface area (Å²) < 4.78 is 0. The van der Waals surface area contributed by atoms with Crippen LogP contribution in [0.4, 0.5) is 11.4 Å². The van der Waals surface area contributed by atoms with E-state index in [1.54, 1.807) is 0 Å². The van der Waals surface area contributed by atoms with Crippen molar-refractivity contribution in [2.75, 3.05) is 17.3 Å². The Morgan fingerprint density at radius 1 is 0.692 bits per heavy atom. The molecule has 0 amide bonds. The van der Waals surface area contributed by atoms with Crippen LogP contribution in [0.5, 0.6) is 0 Å². The highest BCUT2D eigenvalue weighted by molar-refractivity contribution is 5.78. The lowest BCUT2D eigenvalue weighted by Crippen LogP contribution is -2.36. The van der Waals surface area contributed by atoms with Crippen molar-refractivity contribution >= 4 is 17.1 Å². The van der Waals surface area contributed by atoms with Gasteiger partial charge in [-0.3, -0.25) is 0 Å². The number of benzene rings is 4. The largest absolute Gasteiger partial charge is 0.360 e. The number of nitrogens with zero attached hydrogens (tertiary/aromatic N) is 2. The van der Waals surface area contributed by atoms with Crippen molar-refractivity contribution in [3.8, 4) is 11.1 Å². The van der Waals surface area contributed by atoms with Crippen molar-refractivity contribution in [1.29, 1.82) is 0 Å². The molecular formula is C34H29N5. The molecule has 190 valence electrons. The van der Waals surface area contributed by atoms with Crippen LogP contribution in [0, 0.1) is 0 Å². The molecule has 4 aliphatic rings. The summed E-state index contributed by atoms with van der Waals surface area (Å²) in [7, 11) is 2.15. The zero-order valence-corrected chi connectivity index (χ0v) is 21.7. The summed E-state index contributed by atoms with van der Waals surface area (Å²) >= 11 is 0. The first kappa shape index (κ1) is 22.1. The fraction of sp³-hybridized carbons (Fsp3) is 0.118. The van der Waals surface area contributed by atoms with E-state index in [0.29, 0.717) is 0 Å². The van der Waals surface area contributed by atoms with Gasteiger partial charge in [-0.2, -0.15) is 0 Å². The fourth-order valence-electron chi connectivity index (χ4n) is 6.36. The zero-order chi connectivity index (χ0) is 25.9. The minimum absolute atomic E-state index is 0.0556. The molecule has 0 saturated carbocycles. The summed E-state index contributed by atoms with van der Waals surface area (Å²) in [5.41, 5.74) is 11.1. The van der Waals surface area contributed by atoms with Crippen LogP contribution in [-0.2, 0) is 0 Å². The van der Waals surface area contributed by atoms with Crippen LogP contribution in [0.15, 0.2) is 127 Å². The molecule has 0 spiro atoms. The molecule has 4 aromatic rings. The number of hydrogen-bond donors (Lipinski definition) is 3. The molecule has 4 heterocycles. The summed E-state index contributed by atoms with van der Waals surface area (Å²) in [5, 5.41) is 11.3. The first-order valence-corrected chi connectivity index (χ1v) is 13.5. The second-order valence-electron chi connectivity index (χ2n) is 10.5. The van der Waals surface area contributed by atoms with Crippen molar-refractivity contribution in [2.24, 2.45) is 0 Å². The van der Waals surface area contributed by atoms with E-state index in [1.807, 2.05) is 0 Å². The third-order valence-corrected chi connectivity index (χ3v) is 8.28. The Hall–Kier alpha value is -4.90. The molecule has 0 aliphatic carbocycles. The Balaban J connectivity index is 1.14. The molecule has 5 nitrogen and oxygen atoms in total. The summed E-state index contributed by atoms with van der Waals surface area (Å²) in [4.78, 5) is 4.60. The van der Waals surface area contributed by atoms with E-state index in [4.69, 9.17) is 0 Å². The Morgan fingerprint density at radius 3 is 2.33 bits per heavy atom. The van der Waals surface area contributed by atoms with E-state index >= 15 is 0 Å². The number of nitrogens with one attached hydrogen (secondary N) is 3. The van der Waals surface area contributed by atoms with Gasteiger partial charge >= 0.3 is 0 Å². The molecule has 0 aromatic heterocycles. The van der Waals surface area contributed by atoms with Gasteiger partial charge in [0.05, 0.1) is 23.1 Å². The molecule has 3 atom stereocenters. The first-order valence-electron chi connectivity index (χ1n) is 13.5. The van der Waals surface area contributed by atoms with Crippen LogP contribution in [0.25, 0.3) is 16.8 Å². The van der Waals surface area contributed by atoms with E-state index in [2.05, 4.69) is 154 Å². The Bertz CT molecular complexity index is 1700. The van der Waals surface area contributed by atoms with Crippen molar-refractivity contribution < 1.29 is 0 Å². The number of allylic oxidation sites excluding steroid dienone is 2. The van der Waals surface area contributed by atoms with Gasteiger partial charge in [-0.25, -0.2) is 0 Å². The smallest absolute Gasteiger partial charge is 0.133 e. The van der Waals surface area contributed by atoms with Gasteiger partial charge in [0.15, 0.2) is 0 Å². The third-order valence-electron chi connectivity index (χ3n) is 8.28. The molecule has 8 rings (SSSR count). The minimum Gasteiger partial charge on any atom is -0.360 e. The molecule has 3 unspecified atom stereocenters. The number of anilines is 2. The highest BCUT2D eigenvalue weighted by Gasteiger charge is 2.37. The van der Waals surface area contributed by atoms with E-state index in [-0.39, 0.29) is 18.4 Å². The highest BCUT2D eigenvalue weighted by Crippen LogP contribution is 2.42. The lowest BCUT2D eigenvalue weighted by Gasteiger charge is -2.32. The SMILES string of the molecule is CN1c2ccccc2NC1c1cccc(-c2cccc(C3NC4=C(NC5C=CC=CN45)c4ccccc43)c2)c1. The Labute approximate surface area is 228 Å². The maximum atomic E-state index is 3.88. The minimum atomic E-state index is 0.0556. The molecule has 4 aromatic carbocycles. The van der Waals surface area contributed by atoms with Gasteiger partial charge in [0.1, 0.15) is 18.2 Å². The zero-order valence-electron chi connectivity index (χ0n) is 21.7. The van der Waals surface area contributed by atoms with Crippen molar-refractivity contribution in [3.63, 3.8) is 0 Å². The fourth-order valence-corrected chi connectivity index (χ4v) is 6.36. The summed E-state index contributed by atoms with van der Waals surface area (Å²) in [6.45, 7) is 0. The first-order chi connectivity index (χ1) is 19.2. The van der Waals surface area contributed by atoms with E-state index in [9.17, 15) is 0 Å². The number of para-hydroxylation sites is 2. The molecular weight excluding hydrogens is 478 g/mol. The molecule has 0 fully saturated rings. The van der Waals surface area contributed by atoms with Gasteiger partial charge in [-0.15, -0.1) is 0 Å². The summed E-state index contributed by atoms with van der Waals surface area (Å²) in [5.74, 6) is 1.13. The maximum absolute atomic E-state index is 3.88. The van der Waals surface area contributed by atoms with Crippen molar-refractivity contribution in [2.45, 2.75) is 18.4 Å². The van der Waals surface area contributed by atoms with Gasteiger partial charge in [0.2, 0.25) is 0 Å². The molecule has 0 bridgehead atoms. The lowest BCUT2D eigenvalue weighted by molar-refractivity contribution is 0.370. The van der Waals surface area contributed by atoms with Crippen LogP contribution >= 0.6 is 0 Å². The predicted molar refractivity (Wildman–Crippen MR) is 158 cm³/mol. The van der Waals surface area contributed by atoms with Gasteiger partial charge < -0.3 is 25.8 Å². The quantitative estimate of drug-likeness (QED) is 0.294. The molecule has 0 radical (unpaired) electrons. The van der Waals surface area contributed by atoms with Crippen LogP contribution in [0.1, 0.15) is 34.5 Å². The maximum Gasteiger partial charge on any atom is 0.133 e. The summed E-state index contributed by atoms with van der Waals surface area (Å²) in [6.07, 6.45) is 8.78. The van der Waals surface area contributed by atoms with Gasteiger partial charge in [0, 0.05) is 18.8 Å². The van der Waals surface area contributed by atoms with Gasteiger partial charge in [-0.05, 0) is 64.2 Å². The second-order valence-corrected chi connectivity index (χ2v) is 10.5. The van der Waals surface area contributed by atoms with Crippen LogP contribution in [-0.4, -0.2) is 18.1 Å². The average Bonchev–Trinajstić information content (AvgIpc) is 3.55. The van der Waals surface area contributed by atoms with E-state index in [0.717, 1.165) is 5.82 Å². The average molecular weight is 508 g/mol. The predicted octanol–water partition coefficient (Wildman–Crippen LogP) is 6.55. The normalized spacial score (nSPS) is 21.9. The van der Waals surface area contributed by atoms with Crippen molar-refractivity contribution in [3.05, 3.63) is 150 Å². The molecule has 0 saturated heterocycles. The number of rotatable bonds is 3. The molecule has 5 heteroatoms. The lowest BCUT2D eigenvalue weighted by atomic mass is 9.89. The van der Waals surface area contributed by atoms with E-state index in [1.165, 1.54) is 50.5 Å². The van der Waals surface area contributed by atoms with Crippen LogP contribution in [0.3, 0.4) is 0 Å². The van der Waals surface area contributed by atoms with Gasteiger partial charge in [-0.1, -0.05) is 78.9 Å². The van der Waals surface area contributed by atoms with Crippen molar-refractivity contribution in [1.82, 2.24) is 15.5 Å². The monoisotopic (exact) mass is 507 g/mol. The second kappa shape index (κ2) is 8.57. The standard InChI is InChI=1S/C34H29N5/c1-38-29-17-5-4-16-28(29)35-33(38)25-13-9-11-23(21-25)22-10-8-12-24(20-22)31-26-14-2-3-15-27(26)32-34(37-31)39-19-7-6-18-30(39)36-32/h2-21,30-31,33,35-37H,1H3. The number of fused-ring (bicyclic) bond motifs is 5. The third kappa shape index (κ3) is 3.47. The summed E-state index contributed by atoms with van der Waals surface area (Å²) in [6, 6.07) is 35.2.